The first-order chi connectivity index (χ1) is 20.5. The van der Waals surface area contributed by atoms with E-state index in [9.17, 15) is 52.7 Å². The summed E-state index contributed by atoms with van der Waals surface area (Å²) in [5, 5.41) is 50.0. The molecule has 0 radical (unpaired) electrons. The van der Waals surface area contributed by atoms with Gasteiger partial charge >= 0.3 is 55.9 Å². The molecule has 0 heterocycles. The summed E-state index contributed by atoms with van der Waals surface area (Å²) in [7, 11) is 8.33. The van der Waals surface area contributed by atoms with Gasteiger partial charge in [0.25, 0.3) is 0 Å². The topological polar surface area (TPSA) is 392 Å². The van der Waals surface area contributed by atoms with Crippen LogP contribution >= 0.6 is 0 Å². The number of hydrogen-bond donors (Lipinski definition) is 14. The molecule has 0 fully saturated rings. The number of halogens is 12. The van der Waals surface area contributed by atoms with E-state index in [-0.39, 0.29) is 0 Å². The van der Waals surface area contributed by atoms with Crippen molar-refractivity contribution >= 4 is 31.2 Å². The van der Waals surface area contributed by atoms with Crippen molar-refractivity contribution in [1.82, 2.24) is 0 Å². The number of aliphatic carboxylic acids is 4. The zero-order valence-electron chi connectivity index (χ0n) is 24.9. The maximum atomic E-state index is 10.6. The van der Waals surface area contributed by atoms with Crippen LogP contribution in [0.3, 0.4) is 0 Å². The maximum Gasteiger partial charge on any atom is 0.631 e. The summed E-state index contributed by atoms with van der Waals surface area (Å²) in [4.78, 5) is 35.6. The number of nitrogens with two attached hydrogens (primary N) is 7. The van der Waals surface area contributed by atoms with Crippen LogP contribution in [0.2, 0.25) is 0 Å². The Balaban J connectivity index is -0.0000000288. The first-order valence-corrected chi connectivity index (χ1v) is 9.79. The lowest BCUT2D eigenvalue weighted by molar-refractivity contribution is -0.193. The minimum Gasteiger partial charge on any atom is -0.475 e. The fraction of sp³-hybridized carbons (Fsp3) is 0.733. The molecule has 46 heavy (non-hydrogen) atoms. The SMILES string of the molecule is CN.CN.CN.CN.CN.CN.CN.O=C(O)C(F)(F)F.O=C(O)C(F)(F)F.O=C(O)C(F)(F)F.O=C(O)C(F)(F)F.OB(O)O. The Morgan fingerprint density at radius 3 is 0.370 bits per heavy atom. The highest BCUT2D eigenvalue weighted by molar-refractivity contribution is 6.30. The molecule has 0 aliphatic heterocycles. The van der Waals surface area contributed by atoms with Crippen LogP contribution < -0.4 is 40.1 Å². The lowest BCUT2D eigenvalue weighted by atomic mass is 10.3. The summed E-state index contributed by atoms with van der Waals surface area (Å²) in [5.41, 5.74) is 31.5. The van der Waals surface area contributed by atoms with Gasteiger partial charge in [-0.15, -0.1) is 0 Å². The molecule has 290 valence electrons. The van der Waals surface area contributed by atoms with Gasteiger partial charge in [-0.1, -0.05) is 0 Å². The van der Waals surface area contributed by atoms with Crippen molar-refractivity contribution in [3.63, 3.8) is 0 Å². The van der Waals surface area contributed by atoms with E-state index in [0.717, 1.165) is 0 Å². The molecule has 0 aliphatic carbocycles. The standard InChI is InChI=1S/4C2HF3O2.7CH5N.BH3O3/c4*3-2(4,5)1(6)7;7*1-2;2-1(3)4/h4*(H,6,7);7*2H2,1H3;2-4H. The molecule has 0 saturated heterocycles. The number of hydrogen-bond acceptors (Lipinski definition) is 14. The summed E-state index contributed by atoms with van der Waals surface area (Å²) in [6.45, 7) is 0. The molecule has 21 N–H and O–H groups in total. The van der Waals surface area contributed by atoms with Crippen LogP contribution in [0.25, 0.3) is 0 Å². The fourth-order valence-electron chi connectivity index (χ4n) is 0. The molecule has 0 aromatic heterocycles. The Morgan fingerprint density at radius 2 is 0.370 bits per heavy atom. The number of alkyl halides is 12. The zero-order chi connectivity index (χ0) is 41.9. The molecular weight excluding hydrogens is 693 g/mol. The molecule has 0 rings (SSSR count). The van der Waals surface area contributed by atoms with Gasteiger partial charge in [0.2, 0.25) is 0 Å². The first kappa shape index (κ1) is 78.8. The van der Waals surface area contributed by atoms with Crippen molar-refractivity contribution in [3.8, 4) is 0 Å². The lowest BCUT2D eigenvalue weighted by Gasteiger charge is -1.93. The Hall–Kier alpha value is -3.30. The Kier molecular flexibility index (Phi) is 92.8. The summed E-state index contributed by atoms with van der Waals surface area (Å²) in [6, 6.07) is 0. The highest BCUT2D eigenvalue weighted by atomic mass is 19.4. The third-order valence-corrected chi connectivity index (χ3v) is 0.970. The number of carbonyl (C=O) groups is 4. The largest absolute Gasteiger partial charge is 0.631 e. The molecule has 0 spiro atoms. The Labute approximate surface area is 253 Å². The summed E-state index contributed by atoms with van der Waals surface area (Å²) in [5.74, 6) is -11.0. The van der Waals surface area contributed by atoms with E-state index in [1.54, 1.807) is 0 Å². The van der Waals surface area contributed by atoms with Crippen LogP contribution in [0.1, 0.15) is 0 Å². The predicted octanol–water partition coefficient (Wildman–Crippen LogP) is -2.49. The van der Waals surface area contributed by atoms with Gasteiger partial charge in [0, 0.05) is 0 Å². The van der Waals surface area contributed by atoms with Crippen molar-refractivity contribution < 1.29 is 107 Å². The van der Waals surface area contributed by atoms with Crippen LogP contribution in [0.4, 0.5) is 52.7 Å². The molecule has 0 unspecified atom stereocenters. The van der Waals surface area contributed by atoms with Crippen LogP contribution in [-0.4, -0.2) is 141 Å². The number of rotatable bonds is 0. The van der Waals surface area contributed by atoms with Gasteiger partial charge in [0.05, 0.1) is 0 Å². The van der Waals surface area contributed by atoms with Crippen molar-refractivity contribution in [3.05, 3.63) is 0 Å². The molecule has 0 saturated carbocycles. The van der Waals surface area contributed by atoms with Gasteiger partial charge in [-0.25, -0.2) is 19.2 Å². The fourth-order valence-corrected chi connectivity index (χ4v) is 0. The van der Waals surface area contributed by atoms with Crippen LogP contribution in [0, 0.1) is 0 Å². The highest BCUT2D eigenvalue weighted by Crippen LogP contribution is 2.14. The quantitative estimate of drug-likeness (QED) is 0.0903. The molecule has 0 bridgehead atoms. The second kappa shape index (κ2) is 54.2. The van der Waals surface area contributed by atoms with E-state index in [4.69, 9.17) is 54.7 Å². The van der Waals surface area contributed by atoms with Gasteiger partial charge in [-0.2, -0.15) is 52.7 Å². The van der Waals surface area contributed by atoms with Gasteiger partial charge in [-0.3, -0.25) is 0 Å². The smallest absolute Gasteiger partial charge is 0.475 e. The number of carboxylic acids is 4. The molecule has 0 aromatic rings. The van der Waals surface area contributed by atoms with E-state index in [0.29, 0.717) is 0 Å². The van der Waals surface area contributed by atoms with Gasteiger partial charge in [0.1, 0.15) is 0 Å². The predicted molar refractivity (Wildman–Crippen MR) is 138 cm³/mol. The third-order valence-electron chi connectivity index (χ3n) is 0.970. The molecule has 0 atom stereocenters. The van der Waals surface area contributed by atoms with Gasteiger partial charge in [-0.05, 0) is 49.3 Å². The second-order valence-electron chi connectivity index (χ2n) is 3.56. The first-order valence-electron chi connectivity index (χ1n) is 9.79. The lowest BCUT2D eigenvalue weighted by Crippen LogP contribution is -2.21. The van der Waals surface area contributed by atoms with E-state index in [1.165, 1.54) is 49.3 Å². The molecule has 31 heteroatoms. The van der Waals surface area contributed by atoms with E-state index in [2.05, 4.69) is 40.1 Å². The summed E-state index contributed by atoms with van der Waals surface area (Å²) >= 11 is 0. The molecular formula is C15H42BF12N7O11. The van der Waals surface area contributed by atoms with E-state index < -0.39 is 55.9 Å². The minimum absolute atomic E-state index is 1.50. The Bertz CT molecular complexity index is 519. The van der Waals surface area contributed by atoms with E-state index in [1.807, 2.05) is 0 Å². The minimum atomic E-state index is -5.08. The van der Waals surface area contributed by atoms with Crippen LogP contribution in [-0.2, 0) is 19.2 Å². The van der Waals surface area contributed by atoms with Crippen molar-refractivity contribution in [2.45, 2.75) is 24.7 Å². The normalized spacial score (nSPS) is 8.37. The second-order valence-corrected chi connectivity index (χ2v) is 3.56. The van der Waals surface area contributed by atoms with Crippen molar-refractivity contribution in [2.75, 3.05) is 49.3 Å². The molecule has 0 aromatic carbocycles. The van der Waals surface area contributed by atoms with Crippen LogP contribution in [0.15, 0.2) is 0 Å². The monoisotopic (exact) mass is 735 g/mol. The molecule has 0 aliphatic rings. The van der Waals surface area contributed by atoms with Gasteiger partial charge in [0.15, 0.2) is 0 Å². The molecule has 18 nitrogen and oxygen atoms in total. The summed E-state index contributed by atoms with van der Waals surface area (Å²) < 4.78 is 127. The van der Waals surface area contributed by atoms with Gasteiger partial charge < -0.3 is 75.6 Å². The Morgan fingerprint density at radius 1 is 0.348 bits per heavy atom. The highest BCUT2D eigenvalue weighted by Gasteiger charge is 2.39. The summed E-state index contributed by atoms with van der Waals surface area (Å²) in [6.07, 6.45) is -20.3. The third kappa shape index (κ3) is 150. The van der Waals surface area contributed by atoms with E-state index >= 15 is 0 Å². The number of carboxylic acid groups (broad SMARTS) is 4. The van der Waals surface area contributed by atoms with Crippen molar-refractivity contribution in [1.29, 1.82) is 0 Å². The zero-order valence-corrected chi connectivity index (χ0v) is 24.9. The average molecular weight is 735 g/mol. The maximum absolute atomic E-state index is 10.6. The van der Waals surface area contributed by atoms with Crippen LogP contribution in [0.5, 0.6) is 0 Å². The molecule has 0 amide bonds. The van der Waals surface area contributed by atoms with Crippen molar-refractivity contribution in [2.24, 2.45) is 40.1 Å². The average Bonchev–Trinajstić information content (AvgIpc) is 2.95.